The van der Waals surface area contributed by atoms with Crippen LogP contribution in [0.5, 0.6) is 0 Å². The van der Waals surface area contributed by atoms with Gasteiger partial charge in [-0.25, -0.2) is 8.42 Å². The molecule has 1 aliphatic rings. The molecule has 1 heterocycles. The number of hydrogen-bond acceptors (Lipinski definition) is 4. The van der Waals surface area contributed by atoms with Crippen LogP contribution in [-0.4, -0.2) is 27.4 Å². The van der Waals surface area contributed by atoms with E-state index in [2.05, 4.69) is 4.99 Å². The Morgan fingerprint density at radius 1 is 1.30 bits per heavy atom. The van der Waals surface area contributed by atoms with Gasteiger partial charge in [0, 0.05) is 37.0 Å². The Bertz CT molecular complexity index is 647. The van der Waals surface area contributed by atoms with Crippen molar-refractivity contribution in [3.05, 3.63) is 48.9 Å². The Labute approximate surface area is 119 Å². The second-order valence-electron chi connectivity index (χ2n) is 4.29. The van der Waals surface area contributed by atoms with Gasteiger partial charge >= 0.3 is 0 Å². The zero-order valence-electron chi connectivity index (χ0n) is 11.5. The molecule has 0 aliphatic carbocycles. The van der Waals surface area contributed by atoms with E-state index in [9.17, 15) is 8.42 Å². The summed E-state index contributed by atoms with van der Waals surface area (Å²) in [5.74, 6) is 0. The van der Waals surface area contributed by atoms with E-state index in [0.29, 0.717) is 12.2 Å². The molecule has 0 radical (unpaired) electrons. The smallest absolute Gasteiger partial charge is 0.232 e. The SMILES string of the molecule is CCN(c1cccc(N2C=CC=NC=C2)c1)S(C)(=O)=O. The van der Waals surface area contributed by atoms with Gasteiger partial charge in [0.15, 0.2) is 0 Å². The molecule has 1 aliphatic heterocycles. The zero-order valence-corrected chi connectivity index (χ0v) is 12.3. The topological polar surface area (TPSA) is 53.0 Å². The molecule has 0 spiro atoms. The van der Waals surface area contributed by atoms with Gasteiger partial charge in [0.1, 0.15) is 0 Å². The van der Waals surface area contributed by atoms with Crippen molar-refractivity contribution in [1.29, 1.82) is 0 Å². The molecule has 0 fully saturated rings. The summed E-state index contributed by atoms with van der Waals surface area (Å²) >= 11 is 0. The lowest BCUT2D eigenvalue weighted by Gasteiger charge is -2.22. The Morgan fingerprint density at radius 3 is 2.80 bits per heavy atom. The van der Waals surface area contributed by atoms with Gasteiger partial charge in [0.2, 0.25) is 10.0 Å². The van der Waals surface area contributed by atoms with Gasteiger partial charge < -0.3 is 4.90 Å². The van der Waals surface area contributed by atoms with Gasteiger partial charge in [-0.05, 0) is 31.2 Å². The van der Waals surface area contributed by atoms with E-state index in [0.717, 1.165) is 5.69 Å². The molecule has 0 N–H and O–H groups in total. The number of rotatable bonds is 4. The average Bonchev–Trinajstić information content (AvgIpc) is 2.67. The number of aliphatic imine (C=N–C) groups is 1. The highest BCUT2D eigenvalue weighted by molar-refractivity contribution is 7.92. The molecule has 0 saturated heterocycles. The quantitative estimate of drug-likeness (QED) is 0.855. The lowest BCUT2D eigenvalue weighted by atomic mass is 10.2. The predicted octanol–water partition coefficient (Wildman–Crippen LogP) is 2.35. The van der Waals surface area contributed by atoms with E-state index < -0.39 is 10.0 Å². The molecule has 0 unspecified atom stereocenters. The van der Waals surface area contributed by atoms with Crippen LogP contribution in [0.1, 0.15) is 6.92 Å². The number of allylic oxidation sites excluding steroid dienone is 1. The first-order chi connectivity index (χ1) is 9.52. The molecule has 0 amide bonds. The second-order valence-corrected chi connectivity index (χ2v) is 6.20. The van der Waals surface area contributed by atoms with Gasteiger partial charge in [-0.3, -0.25) is 9.30 Å². The summed E-state index contributed by atoms with van der Waals surface area (Å²) in [4.78, 5) is 5.90. The Kier molecular flexibility index (Phi) is 4.24. The first-order valence-corrected chi connectivity index (χ1v) is 8.10. The largest absolute Gasteiger partial charge is 0.322 e. The summed E-state index contributed by atoms with van der Waals surface area (Å²) < 4.78 is 24.9. The average molecular weight is 291 g/mol. The van der Waals surface area contributed by atoms with Crippen LogP contribution >= 0.6 is 0 Å². The lowest BCUT2D eigenvalue weighted by Crippen LogP contribution is -2.29. The van der Waals surface area contributed by atoms with E-state index >= 15 is 0 Å². The molecule has 1 aromatic rings. The number of benzene rings is 1. The first-order valence-electron chi connectivity index (χ1n) is 6.25. The molecule has 0 aromatic heterocycles. The van der Waals surface area contributed by atoms with E-state index in [1.165, 1.54) is 10.6 Å². The summed E-state index contributed by atoms with van der Waals surface area (Å²) in [6.07, 6.45) is 10.1. The van der Waals surface area contributed by atoms with E-state index in [1.807, 2.05) is 48.5 Å². The molecule has 106 valence electrons. The molecule has 5 nitrogen and oxygen atoms in total. The maximum atomic E-state index is 11.8. The lowest BCUT2D eigenvalue weighted by molar-refractivity contribution is 0.598. The van der Waals surface area contributed by atoms with Crippen molar-refractivity contribution in [2.45, 2.75) is 6.92 Å². The third-order valence-corrected chi connectivity index (χ3v) is 4.11. The maximum Gasteiger partial charge on any atom is 0.232 e. The van der Waals surface area contributed by atoms with Crippen LogP contribution in [0.2, 0.25) is 0 Å². The molecular weight excluding hydrogens is 274 g/mol. The van der Waals surface area contributed by atoms with Crippen molar-refractivity contribution < 1.29 is 8.42 Å². The van der Waals surface area contributed by atoms with Gasteiger partial charge in [-0.1, -0.05) is 6.07 Å². The van der Waals surface area contributed by atoms with Gasteiger partial charge in [0.05, 0.1) is 11.9 Å². The maximum absolute atomic E-state index is 11.8. The monoisotopic (exact) mass is 291 g/mol. The minimum atomic E-state index is -3.27. The zero-order chi connectivity index (χ0) is 14.6. The Balaban J connectivity index is 2.37. The molecule has 0 atom stereocenters. The van der Waals surface area contributed by atoms with Crippen LogP contribution in [0.25, 0.3) is 0 Å². The predicted molar refractivity (Wildman–Crippen MR) is 83.6 cm³/mol. The summed E-state index contributed by atoms with van der Waals surface area (Å²) in [6.45, 7) is 2.21. The third-order valence-electron chi connectivity index (χ3n) is 2.84. The fourth-order valence-electron chi connectivity index (χ4n) is 1.98. The highest BCUT2D eigenvalue weighted by atomic mass is 32.2. The molecule has 6 heteroatoms. The first kappa shape index (κ1) is 14.3. The molecule has 2 rings (SSSR count). The van der Waals surface area contributed by atoms with Crippen molar-refractivity contribution in [2.24, 2.45) is 4.99 Å². The van der Waals surface area contributed by atoms with Crippen molar-refractivity contribution in [3.63, 3.8) is 0 Å². The number of sulfonamides is 1. The minimum absolute atomic E-state index is 0.400. The Hall–Kier alpha value is -2.08. The van der Waals surface area contributed by atoms with Crippen LogP contribution in [0.15, 0.2) is 53.9 Å². The molecule has 0 bridgehead atoms. The molecule has 1 aromatic carbocycles. The minimum Gasteiger partial charge on any atom is -0.322 e. The Morgan fingerprint density at radius 2 is 2.10 bits per heavy atom. The van der Waals surface area contributed by atoms with Gasteiger partial charge in [0.25, 0.3) is 0 Å². The highest BCUT2D eigenvalue weighted by Gasteiger charge is 2.15. The normalized spacial score (nSPS) is 14.4. The number of nitrogens with zero attached hydrogens (tertiary/aromatic N) is 3. The van der Waals surface area contributed by atoms with Crippen LogP contribution in [-0.2, 0) is 10.0 Å². The summed E-state index contributed by atoms with van der Waals surface area (Å²) in [7, 11) is -3.27. The van der Waals surface area contributed by atoms with Crippen LogP contribution < -0.4 is 9.21 Å². The van der Waals surface area contributed by atoms with Crippen LogP contribution in [0, 0.1) is 0 Å². The fraction of sp³-hybridized carbons (Fsp3) is 0.214. The summed E-state index contributed by atoms with van der Waals surface area (Å²) in [5.41, 5.74) is 1.53. The summed E-state index contributed by atoms with van der Waals surface area (Å²) in [5, 5.41) is 0. The standard InChI is InChI=1S/C14H17N3O2S/c1-3-17(20(2,18)19)14-7-4-6-13(12-14)16-10-5-8-15-9-11-16/h4-12H,3H2,1-2H3. The van der Waals surface area contributed by atoms with E-state index in [4.69, 9.17) is 0 Å². The van der Waals surface area contributed by atoms with Crippen LogP contribution in [0.4, 0.5) is 11.4 Å². The van der Waals surface area contributed by atoms with E-state index in [-0.39, 0.29) is 0 Å². The second kappa shape index (κ2) is 5.92. The molecular formula is C14H17N3O2S. The number of hydrogen-bond donors (Lipinski definition) is 0. The number of anilines is 2. The fourth-order valence-corrected chi connectivity index (χ4v) is 2.95. The van der Waals surface area contributed by atoms with Crippen LogP contribution in [0.3, 0.4) is 0 Å². The van der Waals surface area contributed by atoms with E-state index in [1.54, 1.807) is 18.5 Å². The van der Waals surface area contributed by atoms with Crippen molar-refractivity contribution >= 4 is 27.6 Å². The molecule has 20 heavy (non-hydrogen) atoms. The van der Waals surface area contributed by atoms with Gasteiger partial charge in [-0.15, -0.1) is 0 Å². The highest BCUT2D eigenvalue weighted by Crippen LogP contribution is 2.25. The van der Waals surface area contributed by atoms with Gasteiger partial charge in [-0.2, -0.15) is 0 Å². The van der Waals surface area contributed by atoms with Crippen molar-refractivity contribution in [1.82, 2.24) is 0 Å². The van der Waals surface area contributed by atoms with Crippen molar-refractivity contribution in [3.8, 4) is 0 Å². The van der Waals surface area contributed by atoms with Crippen molar-refractivity contribution in [2.75, 3.05) is 22.0 Å². The molecule has 0 saturated carbocycles. The summed E-state index contributed by atoms with van der Waals surface area (Å²) in [6, 6.07) is 7.38. The third kappa shape index (κ3) is 3.27.